The van der Waals surface area contributed by atoms with Crippen molar-refractivity contribution in [1.82, 2.24) is 0 Å². The van der Waals surface area contributed by atoms with Gasteiger partial charge in [-0.1, -0.05) is 0 Å². The fraction of sp³-hybridized carbons (Fsp3) is 0.143. The smallest absolute Gasteiger partial charge is 0.336 e. The highest BCUT2D eigenvalue weighted by Crippen LogP contribution is 2.20. The molecule has 0 aliphatic rings. The largest absolute Gasteiger partial charge is 0.478 e. The Kier molecular flexibility index (Phi) is 4.05. The van der Waals surface area contributed by atoms with Gasteiger partial charge in [0.15, 0.2) is 0 Å². The summed E-state index contributed by atoms with van der Waals surface area (Å²) >= 11 is 1.37. The van der Waals surface area contributed by atoms with Crippen LogP contribution in [0.1, 0.15) is 31.2 Å². The molecule has 0 aliphatic carbocycles. The molecule has 1 aromatic heterocycles. The van der Waals surface area contributed by atoms with Crippen LogP contribution in [0.5, 0.6) is 0 Å². The third kappa shape index (κ3) is 3.16. The normalized spacial score (nSPS) is 10.2. The lowest BCUT2D eigenvalue weighted by molar-refractivity contribution is 0.0686. The van der Waals surface area contributed by atoms with Crippen molar-refractivity contribution in [3.05, 3.63) is 51.2 Å². The van der Waals surface area contributed by atoms with Crippen LogP contribution in [0.4, 0.5) is 5.69 Å². The molecule has 0 bridgehead atoms. The second kappa shape index (κ2) is 5.75. The summed E-state index contributed by atoms with van der Waals surface area (Å²) in [6, 6.07) is 6.47. The minimum atomic E-state index is -0.955. The zero-order chi connectivity index (χ0) is 14.7. The van der Waals surface area contributed by atoms with Gasteiger partial charge in [0.1, 0.15) is 0 Å². The summed E-state index contributed by atoms with van der Waals surface area (Å²) in [5, 5.41) is 22.5. The molecule has 5 nitrogen and oxygen atoms in total. The van der Waals surface area contributed by atoms with Gasteiger partial charge in [0, 0.05) is 22.5 Å². The third-order valence-electron chi connectivity index (χ3n) is 2.83. The van der Waals surface area contributed by atoms with Gasteiger partial charge in [-0.15, -0.1) is 11.3 Å². The van der Waals surface area contributed by atoms with Crippen LogP contribution in [0, 0.1) is 6.92 Å². The quantitative estimate of drug-likeness (QED) is 0.788. The van der Waals surface area contributed by atoms with Gasteiger partial charge in [-0.3, -0.25) is 0 Å². The Morgan fingerprint density at radius 1 is 1.15 bits per heavy atom. The van der Waals surface area contributed by atoms with Crippen LogP contribution < -0.4 is 5.32 Å². The number of carboxylic acid groups (broad SMARTS) is 2. The molecule has 0 aliphatic heterocycles. The summed E-state index contributed by atoms with van der Waals surface area (Å²) in [6.45, 7) is 2.33. The van der Waals surface area contributed by atoms with Gasteiger partial charge in [-0.05, 0) is 36.8 Å². The van der Waals surface area contributed by atoms with Crippen molar-refractivity contribution in [3.8, 4) is 0 Å². The van der Waals surface area contributed by atoms with Crippen molar-refractivity contribution in [2.75, 3.05) is 5.32 Å². The van der Waals surface area contributed by atoms with Gasteiger partial charge in [0.25, 0.3) is 0 Å². The summed E-state index contributed by atoms with van der Waals surface area (Å²) in [5.74, 6) is -1.89. The highest BCUT2D eigenvalue weighted by molar-refractivity contribution is 7.10. The minimum Gasteiger partial charge on any atom is -0.478 e. The first kappa shape index (κ1) is 14.1. The molecule has 0 fully saturated rings. The van der Waals surface area contributed by atoms with E-state index in [-0.39, 0.29) is 11.1 Å². The van der Waals surface area contributed by atoms with E-state index >= 15 is 0 Å². The predicted molar refractivity (Wildman–Crippen MR) is 76.7 cm³/mol. The number of hydrogen-bond acceptors (Lipinski definition) is 4. The fourth-order valence-corrected chi connectivity index (χ4v) is 2.56. The molecule has 3 N–H and O–H groups in total. The summed E-state index contributed by atoms with van der Waals surface area (Å²) in [6.07, 6.45) is 0. The highest BCUT2D eigenvalue weighted by Gasteiger charge is 2.08. The SMILES string of the molecule is Cc1cc(C(=O)O)ccc1NCc1cc(C(=O)O)cs1. The Balaban J connectivity index is 2.06. The second-order valence-electron chi connectivity index (χ2n) is 4.30. The lowest BCUT2D eigenvalue weighted by atomic mass is 10.1. The van der Waals surface area contributed by atoms with Crippen LogP contribution in [0.15, 0.2) is 29.6 Å². The number of rotatable bonds is 5. The summed E-state index contributed by atoms with van der Waals surface area (Å²) in [7, 11) is 0. The summed E-state index contributed by atoms with van der Waals surface area (Å²) in [5.41, 5.74) is 2.20. The van der Waals surface area contributed by atoms with Gasteiger partial charge >= 0.3 is 11.9 Å². The molecule has 2 aromatic rings. The Labute approximate surface area is 119 Å². The third-order valence-corrected chi connectivity index (χ3v) is 3.76. The molecule has 104 valence electrons. The van der Waals surface area contributed by atoms with Crippen molar-refractivity contribution in [2.45, 2.75) is 13.5 Å². The number of anilines is 1. The van der Waals surface area contributed by atoms with Crippen molar-refractivity contribution in [1.29, 1.82) is 0 Å². The number of aryl methyl sites for hydroxylation is 1. The number of aromatic carboxylic acids is 2. The van der Waals surface area contributed by atoms with E-state index in [4.69, 9.17) is 10.2 Å². The Morgan fingerprint density at radius 3 is 2.40 bits per heavy atom. The zero-order valence-electron chi connectivity index (χ0n) is 10.7. The molecule has 0 atom stereocenters. The van der Waals surface area contributed by atoms with Crippen molar-refractivity contribution < 1.29 is 19.8 Å². The van der Waals surface area contributed by atoms with E-state index in [2.05, 4.69) is 5.32 Å². The molecule has 0 unspecified atom stereocenters. The van der Waals surface area contributed by atoms with Gasteiger partial charge < -0.3 is 15.5 Å². The summed E-state index contributed by atoms with van der Waals surface area (Å²) < 4.78 is 0. The molecule has 6 heteroatoms. The molecule has 0 radical (unpaired) electrons. The first-order chi connectivity index (χ1) is 9.47. The van der Waals surface area contributed by atoms with E-state index < -0.39 is 11.9 Å². The standard InChI is InChI=1S/C14H13NO4S/c1-8-4-9(13(16)17)2-3-12(8)15-6-11-5-10(7-20-11)14(18)19/h2-5,7,15H,6H2,1H3,(H,16,17)(H,18,19). The summed E-state index contributed by atoms with van der Waals surface area (Å²) in [4.78, 5) is 22.5. The highest BCUT2D eigenvalue weighted by atomic mass is 32.1. The molecule has 1 aromatic carbocycles. The monoisotopic (exact) mass is 291 g/mol. The van der Waals surface area contributed by atoms with Crippen LogP contribution >= 0.6 is 11.3 Å². The number of nitrogens with one attached hydrogen (secondary N) is 1. The Hall–Kier alpha value is -2.34. The average Bonchev–Trinajstić information content (AvgIpc) is 2.86. The van der Waals surface area contributed by atoms with Crippen molar-refractivity contribution in [2.24, 2.45) is 0 Å². The van der Waals surface area contributed by atoms with E-state index in [1.807, 2.05) is 6.92 Å². The minimum absolute atomic E-state index is 0.248. The maximum absolute atomic E-state index is 10.8. The maximum atomic E-state index is 10.8. The van der Waals surface area contributed by atoms with Gasteiger partial charge in [0.2, 0.25) is 0 Å². The molecule has 0 amide bonds. The first-order valence-corrected chi connectivity index (χ1v) is 6.74. The molecule has 1 heterocycles. The topological polar surface area (TPSA) is 86.6 Å². The van der Waals surface area contributed by atoms with E-state index in [1.165, 1.54) is 17.4 Å². The van der Waals surface area contributed by atoms with E-state index in [0.717, 1.165) is 16.1 Å². The van der Waals surface area contributed by atoms with E-state index in [1.54, 1.807) is 23.6 Å². The van der Waals surface area contributed by atoms with Crippen LogP contribution in [-0.4, -0.2) is 22.2 Å². The lowest BCUT2D eigenvalue weighted by Gasteiger charge is -2.09. The number of benzene rings is 1. The second-order valence-corrected chi connectivity index (χ2v) is 5.29. The fourth-order valence-electron chi connectivity index (χ4n) is 1.76. The molecule has 0 saturated heterocycles. The molecule has 0 saturated carbocycles. The maximum Gasteiger partial charge on any atom is 0.336 e. The lowest BCUT2D eigenvalue weighted by Crippen LogP contribution is -2.02. The van der Waals surface area contributed by atoms with Crippen LogP contribution in [0.25, 0.3) is 0 Å². The van der Waals surface area contributed by atoms with Crippen molar-refractivity contribution >= 4 is 29.0 Å². The molecular formula is C14H13NO4S. The number of carboxylic acids is 2. The molecular weight excluding hydrogens is 278 g/mol. The van der Waals surface area contributed by atoms with E-state index in [0.29, 0.717) is 6.54 Å². The molecule has 0 spiro atoms. The Morgan fingerprint density at radius 2 is 1.85 bits per heavy atom. The number of thiophene rings is 1. The number of carbonyl (C=O) groups is 2. The average molecular weight is 291 g/mol. The van der Waals surface area contributed by atoms with Gasteiger partial charge in [-0.25, -0.2) is 9.59 Å². The Bertz CT molecular complexity index is 663. The molecule has 2 rings (SSSR count). The van der Waals surface area contributed by atoms with Crippen LogP contribution in [-0.2, 0) is 6.54 Å². The van der Waals surface area contributed by atoms with Crippen LogP contribution in [0.3, 0.4) is 0 Å². The first-order valence-electron chi connectivity index (χ1n) is 5.86. The van der Waals surface area contributed by atoms with Crippen molar-refractivity contribution in [3.63, 3.8) is 0 Å². The van der Waals surface area contributed by atoms with E-state index in [9.17, 15) is 9.59 Å². The zero-order valence-corrected chi connectivity index (χ0v) is 11.5. The van der Waals surface area contributed by atoms with Gasteiger partial charge in [0.05, 0.1) is 11.1 Å². The number of hydrogen-bond donors (Lipinski definition) is 3. The molecule has 20 heavy (non-hydrogen) atoms. The predicted octanol–water partition coefficient (Wildman–Crippen LogP) is 3.07. The van der Waals surface area contributed by atoms with Gasteiger partial charge in [-0.2, -0.15) is 0 Å². The van der Waals surface area contributed by atoms with Crippen LogP contribution in [0.2, 0.25) is 0 Å².